The molecule has 0 fully saturated rings. The minimum Gasteiger partial charge on any atom is -0.281 e. The number of hydrazone groups is 1. The fraction of sp³-hybridized carbons (Fsp3) is 0.250. The highest BCUT2D eigenvalue weighted by atomic mass is 16.2. The van der Waals surface area contributed by atoms with E-state index in [1.807, 2.05) is 18.2 Å². The van der Waals surface area contributed by atoms with Crippen molar-refractivity contribution in [1.29, 1.82) is 0 Å². The van der Waals surface area contributed by atoms with E-state index >= 15 is 0 Å². The predicted octanol–water partition coefficient (Wildman–Crippen LogP) is 0.959. The molecule has 2 heterocycles. The molecule has 9 nitrogen and oxygen atoms in total. The molecule has 0 saturated heterocycles. The van der Waals surface area contributed by atoms with Crippen LogP contribution in [0.5, 0.6) is 0 Å². The van der Waals surface area contributed by atoms with Gasteiger partial charge in [0.15, 0.2) is 6.04 Å². The van der Waals surface area contributed by atoms with E-state index in [0.717, 1.165) is 9.58 Å². The van der Waals surface area contributed by atoms with Gasteiger partial charge in [0.05, 0.1) is 11.4 Å². The van der Waals surface area contributed by atoms with E-state index in [1.165, 1.54) is 24.7 Å². The van der Waals surface area contributed by atoms with Crippen LogP contribution in [0.25, 0.3) is 0 Å². The highest BCUT2D eigenvalue weighted by Gasteiger charge is 2.36. The maximum absolute atomic E-state index is 12.6. The molecule has 0 saturated carbocycles. The summed E-state index contributed by atoms with van der Waals surface area (Å²) in [6, 6.07) is 9.30. The first-order valence-corrected chi connectivity index (χ1v) is 7.52. The standard InChI is InChI=1S/C16H16N6O3/c1-10-14(18-17-11-7-5-4-6-8-11)15(24)22(19-10)12-9-13(23)21(3)16(25)20(12)2/h4-9,14H,1-3H3. The largest absolute Gasteiger partial charge is 0.332 e. The van der Waals surface area contributed by atoms with E-state index in [2.05, 4.69) is 15.3 Å². The maximum Gasteiger partial charge on any atom is 0.332 e. The molecule has 0 aliphatic carbocycles. The molecule has 0 bridgehead atoms. The smallest absolute Gasteiger partial charge is 0.281 e. The zero-order valence-corrected chi connectivity index (χ0v) is 13.9. The summed E-state index contributed by atoms with van der Waals surface area (Å²) < 4.78 is 2.14. The van der Waals surface area contributed by atoms with E-state index < -0.39 is 23.2 Å². The molecule has 2 aromatic rings. The van der Waals surface area contributed by atoms with Crippen LogP contribution >= 0.6 is 0 Å². The zero-order valence-electron chi connectivity index (χ0n) is 13.9. The Bertz CT molecular complexity index is 1000. The van der Waals surface area contributed by atoms with Gasteiger partial charge < -0.3 is 0 Å². The molecule has 1 aliphatic heterocycles. The lowest BCUT2D eigenvalue weighted by Crippen LogP contribution is -2.40. The molecule has 1 atom stereocenters. The highest BCUT2D eigenvalue weighted by molar-refractivity contribution is 6.17. The lowest BCUT2D eigenvalue weighted by atomic mass is 10.2. The van der Waals surface area contributed by atoms with Gasteiger partial charge in [-0.2, -0.15) is 20.3 Å². The van der Waals surface area contributed by atoms with Crippen LogP contribution in [0.3, 0.4) is 0 Å². The number of carbonyl (C=O) groups is 1. The van der Waals surface area contributed by atoms with Crippen LogP contribution in [-0.4, -0.2) is 26.8 Å². The molecule has 128 valence electrons. The summed E-state index contributed by atoms with van der Waals surface area (Å²) in [5, 5.41) is 13.3. The van der Waals surface area contributed by atoms with Crippen LogP contribution in [0.2, 0.25) is 0 Å². The summed E-state index contributed by atoms with van der Waals surface area (Å²) in [5.74, 6) is -0.379. The molecule has 25 heavy (non-hydrogen) atoms. The number of anilines is 1. The zero-order chi connectivity index (χ0) is 18.1. The van der Waals surface area contributed by atoms with E-state index in [4.69, 9.17) is 0 Å². The molecular formula is C16H16N6O3. The van der Waals surface area contributed by atoms with Gasteiger partial charge in [0.25, 0.3) is 11.5 Å². The molecule has 9 heteroatoms. The van der Waals surface area contributed by atoms with Crippen molar-refractivity contribution >= 4 is 23.1 Å². The minimum absolute atomic E-state index is 0.0925. The van der Waals surface area contributed by atoms with E-state index in [-0.39, 0.29) is 5.82 Å². The van der Waals surface area contributed by atoms with Crippen LogP contribution in [0, 0.1) is 0 Å². The lowest BCUT2D eigenvalue weighted by Gasteiger charge is -2.16. The molecule has 1 aliphatic rings. The topological polar surface area (TPSA) is 101 Å². The fourth-order valence-corrected chi connectivity index (χ4v) is 2.40. The Hall–Kier alpha value is -3.36. The summed E-state index contributed by atoms with van der Waals surface area (Å²) >= 11 is 0. The number of rotatable bonds is 3. The lowest BCUT2D eigenvalue weighted by molar-refractivity contribution is -0.118. The summed E-state index contributed by atoms with van der Waals surface area (Å²) in [4.78, 5) is 36.5. The number of benzene rings is 1. The molecule has 1 aromatic carbocycles. The highest BCUT2D eigenvalue weighted by Crippen LogP contribution is 2.21. The van der Waals surface area contributed by atoms with E-state index in [9.17, 15) is 14.4 Å². The Morgan fingerprint density at radius 2 is 1.72 bits per heavy atom. The molecule has 0 spiro atoms. The monoisotopic (exact) mass is 340 g/mol. The Labute approximate surface area is 142 Å². The maximum atomic E-state index is 12.6. The van der Waals surface area contributed by atoms with Crippen molar-refractivity contribution in [2.24, 2.45) is 29.4 Å². The van der Waals surface area contributed by atoms with E-state index in [0.29, 0.717) is 11.4 Å². The quantitative estimate of drug-likeness (QED) is 0.778. The molecular weight excluding hydrogens is 324 g/mol. The van der Waals surface area contributed by atoms with Crippen molar-refractivity contribution in [1.82, 2.24) is 9.13 Å². The number of amides is 1. The summed E-state index contributed by atoms with van der Waals surface area (Å²) in [6.45, 7) is 1.64. The Morgan fingerprint density at radius 1 is 1.04 bits per heavy atom. The Morgan fingerprint density at radius 3 is 2.40 bits per heavy atom. The van der Waals surface area contributed by atoms with Crippen molar-refractivity contribution in [3.05, 3.63) is 57.2 Å². The number of aromatic nitrogens is 2. The van der Waals surface area contributed by atoms with Gasteiger partial charge in [0, 0.05) is 20.2 Å². The first-order valence-electron chi connectivity index (χ1n) is 7.52. The third-order valence-corrected chi connectivity index (χ3v) is 3.86. The molecule has 0 radical (unpaired) electrons. The average Bonchev–Trinajstić information content (AvgIpc) is 2.89. The van der Waals surface area contributed by atoms with Crippen molar-refractivity contribution < 1.29 is 4.79 Å². The van der Waals surface area contributed by atoms with Gasteiger partial charge in [0.1, 0.15) is 5.82 Å². The van der Waals surface area contributed by atoms with Gasteiger partial charge in [-0.1, -0.05) is 18.2 Å². The van der Waals surface area contributed by atoms with Gasteiger partial charge in [-0.15, -0.1) is 0 Å². The third kappa shape index (κ3) is 2.91. The summed E-state index contributed by atoms with van der Waals surface area (Å²) in [6.07, 6.45) is 0. The van der Waals surface area contributed by atoms with Crippen LogP contribution < -0.4 is 16.3 Å². The molecule has 1 aromatic heterocycles. The second kappa shape index (κ2) is 6.27. The SMILES string of the molecule is CC1=NN(c2cc(=O)n(C)c(=O)n2C)C(=O)C1N=Nc1ccccc1. The Kier molecular flexibility index (Phi) is 4.14. The van der Waals surface area contributed by atoms with Crippen LogP contribution in [0.1, 0.15) is 6.92 Å². The number of carbonyl (C=O) groups excluding carboxylic acids is 1. The first-order chi connectivity index (χ1) is 11.9. The normalized spacial score (nSPS) is 17.4. The van der Waals surface area contributed by atoms with Crippen molar-refractivity contribution in [2.45, 2.75) is 13.0 Å². The molecule has 3 rings (SSSR count). The molecule has 1 amide bonds. The van der Waals surface area contributed by atoms with Gasteiger partial charge in [-0.3, -0.25) is 18.7 Å². The van der Waals surface area contributed by atoms with Gasteiger partial charge in [0.2, 0.25) is 0 Å². The van der Waals surface area contributed by atoms with Gasteiger partial charge in [-0.25, -0.2) is 4.79 Å². The van der Waals surface area contributed by atoms with Gasteiger partial charge >= 0.3 is 5.69 Å². The Balaban J connectivity index is 1.95. The van der Waals surface area contributed by atoms with Crippen LogP contribution in [0.15, 0.2) is 61.3 Å². The number of azo groups is 1. The van der Waals surface area contributed by atoms with Crippen LogP contribution in [-0.2, 0) is 18.9 Å². The first kappa shape index (κ1) is 16.5. The third-order valence-electron chi connectivity index (χ3n) is 3.86. The van der Waals surface area contributed by atoms with E-state index in [1.54, 1.807) is 19.1 Å². The second-order valence-electron chi connectivity index (χ2n) is 5.59. The molecule has 1 unspecified atom stereocenters. The number of hydrogen-bond acceptors (Lipinski definition) is 6. The number of hydrogen-bond donors (Lipinski definition) is 0. The van der Waals surface area contributed by atoms with Gasteiger partial charge in [-0.05, 0) is 19.1 Å². The number of nitrogens with zero attached hydrogens (tertiary/aromatic N) is 6. The minimum atomic E-state index is -0.889. The van der Waals surface area contributed by atoms with Crippen LogP contribution in [0.4, 0.5) is 11.5 Å². The molecule has 0 N–H and O–H groups in total. The van der Waals surface area contributed by atoms with Crippen molar-refractivity contribution in [2.75, 3.05) is 5.01 Å². The van der Waals surface area contributed by atoms with Crippen molar-refractivity contribution in [3.8, 4) is 0 Å². The predicted molar refractivity (Wildman–Crippen MR) is 92.3 cm³/mol. The van der Waals surface area contributed by atoms with Crippen molar-refractivity contribution in [3.63, 3.8) is 0 Å². The summed E-state index contributed by atoms with van der Waals surface area (Å²) in [7, 11) is 2.83. The fourth-order valence-electron chi connectivity index (χ4n) is 2.40. The second-order valence-corrected chi connectivity index (χ2v) is 5.59. The summed E-state index contributed by atoms with van der Waals surface area (Å²) in [5.41, 5.74) is -0.0223. The average molecular weight is 340 g/mol.